The van der Waals surface area contributed by atoms with Gasteiger partial charge in [-0.3, -0.25) is 4.52 Å². The van der Waals surface area contributed by atoms with E-state index < -0.39 is 24.0 Å². The number of phosphoric ester groups is 1. The Morgan fingerprint density at radius 2 is 1.40 bits per heavy atom. The number of rotatable bonds is 5. The monoisotopic (exact) mass is 270 g/mol. The van der Waals surface area contributed by atoms with Gasteiger partial charge in [0, 0.05) is 16.1 Å². The average molecular weight is 270 g/mol. The summed E-state index contributed by atoms with van der Waals surface area (Å²) in [5, 5.41) is 0.359. The third-order valence-corrected chi connectivity index (χ3v) is 12.7. The molecule has 0 aliphatic carbocycles. The minimum atomic E-state index is -4.31. The molecule has 0 aliphatic heterocycles. The molecule has 4 nitrogen and oxygen atoms in total. The van der Waals surface area contributed by atoms with Crippen LogP contribution in [0, 0.1) is 0 Å². The van der Waals surface area contributed by atoms with Crippen molar-refractivity contribution >= 4 is 24.0 Å². The van der Waals surface area contributed by atoms with Crippen LogP contribution >= 0.6 is 7.82 Å². The highest BCUT2D eigenvalue weighted by Crippen LogP contribution is 2.41. The molecule has 0 saturated heterocycles. The molecule has 92 valence electrons. The van der Waals surface area contributed by atoms with Crippen molar-refractivity contribution in [1.29, 1.82) is 0 Å². The van der Waals surface area contributed by atoms with E-state index >= 15 is 0 Å². The van der Waals surface area contributed by atoms with Gasteiger partial charge in [-0.2, -0.15) is 0 Å². The van der Waals surface area contributed by atoms with Crippen LogP contribution in [-0.4, -0.2) is 32.5 Å². The minimum Gasteiger partial charge on any atom is -0.303 e. The fraction of sp³-hybridized carbons (Fsp3) is 1.00. The van der Waals surface area contributed by atoms with Gasteiger partial charge in [0.15, 0.2) is 0 Å². The van der Waals surface area contributed by atoms with Gasteiger partial charge in [-0.25, -0.2) is 4.57 Å². The zero-order chi connectivity index (χ0) is 12.5. The van der Waals surface area contributed by atoms with E-state index in [-0.39, 0.29) is 6.61 Å². The maximum Gasteiger partial charge on any atom is 0.469 e. The van der Waals surface area contributed by atoms with Gasteiger partial charge in [-0.05, 0) is 5.16 Å². The molecule has 0 atom stereocenters. The van der Waals surface area contributed by atoms with E-state index in [0.29, 0.717) is 5.16 Å². The van der Waals surface area contributed by atoms with E-state index in [9.17, 15) is 4.57 Å². The van der Waals surface area contributed by atoms with Gasteiger partial charge in [0.2, 0.25) is 0 Å². The second-order valence-electron chi connectivity index (χ2n) is 6.07. The molecule has 0 aromatic rings. The summed E-state index contributed by atoms with van der Waals surface area (Å²) in [4.78, 5) is 17.4. The molecule has 0 saturated carbocycles. The number of hydrogen-bond acceptors (Lipinski definition) is 2. The van der Waals surface area contributed by atoms with Crippen molar-refractivity contribution in [2.45, 2.75) is 44.4 Å². The molecule has 0 aromatic carbocycles. The second kappa shape index (κ2) is 4.81. The molecule has 0 fully saturated rings. The van der Waals surface area contributed by atoms with Gasteiger partial charge in [0.1, 0.15) is 0 Å². The highest BCUT2D eigenvalue weighted by molar-refractivity contribution is 7.46. The molecule has 0 spiro atoms. The Hall–Kier alpha value is 0.544. The van der Waals surface area contributed by atoms with Crippen LogP contribution in [0.2, 0.25) is 44.4 Å². The molecule has 0 aliphatic rings. The first-order valence-electron chi connectivity index (χ1n) is 5.04. The van der Waals surface area contributed by atoms with Crippen molar-refractivity contribution in [3.8, 4) is 0 Å². The minimum absolute atomic E-state index is 0.204. The summed E-state index contributed by atoms with van der Waals surface area (Å²) in [6.45, 7) is 13.5. The third-order valence-electron chi connectivity index (χ3n) is 2.50. The first-order valence-corrected chi connectivity index (χ1v) is 13.7. The second-order valence-corrected chi connectivity index (χ2v) is 18.7. The highest BCUT2D eigenvalue weighted by Gasteiger charge is 2.38. The van der Waals surface area contributed by atoms with E-state index in [4.69, 9.17) is 9.79 Å². The Morgan fingerprint density at radius 3 is 1.60 bits per heavy atom. The third kappa shape index (κ3) is 6.65. The normalized spacial score (nSPS) is 14.7. The lowest BCUT2D eigenvalue weighted by atomic mass is 10.8. The molecule has 7 heteroatoms. The first kappa shape index (κ1) is 15.5. The van der Waals surface area contributed by atoms with E-state index in [0.717, 1.165) is 0 Å². The van der Waals surface area contributed by atoms with Crippen LogP contribution in [0.3, 0.4) is 0 Å². The number of hydrogen-bond donors (Lipinski definition) is 2. The molecule has 0 unspecified atom stereocenters. The van der Waals surface area contributed by atoms with Gasteiger partial charge in [-0.1, -0.05) is 39.3 Å². The van der Waals surface area contributed by atoms with Gasteiger partial charge < -0.3 is 9.79 Å². The summed E-state index contributed by atoms with van der Waals surface area (Å²) in [6.07, 6.45) is 0. The van der Waals surface area contributed by atoms with Crippen molar-refractivity contribution in [2.24, 2.45) is 0 Å². The SMILES string of the molecule is C[Si](C)(C)C(COP(=O)(O)O)[Si](C)(C)C. The molecular formula is C8H23O4PSi2. The Balaban J connectivity index is 4.64. The van der Waals surface area contributed by atoms with E-state index in [2.05, 4.69) is 43.8 Å². The molecule has 0 heterocycles. The Kier molecular flexibility index (Phi) is 4.99. The summed E-state index contributed by atoms with van der Waals surface area (Å²) in [6, 6.07) is 0. The topological polar surface area (TPSA) is 66.8 Å². The molecule has 0 amide bonds. The predicted molar refractivity (Wildman–Crippen MR) is 68.4 cm³/mol. The van der Waals surface area contributed by atoms with Crippen LogP contribution in [0.5, 0.6) is 0 Å². The zero-order valence-electron chi connectivity index (χ0n) is 10.4. The Labute approximate surface area is 94.3 Å². The lowest BCUT2D eigenvalue weighted by molar-refractivity contribution is 0.201. The van der Waals surface area contributed by atoms with Crippen molar-refractivity contribution in [3.05, 3.63) is 0 Å². The summed E-state index contributed by atoms with van der Waals surface area (Å²) in [5.41, 5.74) is 0. The van der Waals surface area contributed by atoms with Crippen molar-refractivity contribution in [1.82, 2.24) is 0 Å². The van der Waals surface area contributed by atoms with Crippen LogP contribution in [0.1, 0.15) is 0 Å². The Morgan fingerprint density at radius 1 is 1.07 bits per heavy atom. The van der Waals surface area contributed by atoms with Gasteiger partial charge in [0.25, 0.3) is 0 Å². The molecular weight excluding hydrogens is 247 g/mol. The van der Waals surface area contributed by atoms with E-state index in [1.165, 1.54) is 0 Å². The highest BCUT2D eigenvalue weighted by atomic mass is 31.2. The molecule has 0 rings (SSSR count). The summed E-state index contributed by atoms with van der Waals surface area (Å²) in [7, 11) is -7.17. The predicted octanol–water partition coefficient (Wildman–Crippen LogP) is 2.68. The van der Waals surface area contributed by atoms with Crippen molar-refractivity contribution in [2.75, 3.05) is 6.61 Å². The van der Waals surface area contributed by atoms with Crippen LogP contribution in [0.4, 0.5) is 0 Å². The summed E-state index contributed by atoms with van der Waals surface area (Å²) >= 11 is 0. The molecule has 0 bridgehead atoms. The average Bonchev–Trinajstić information content (AvgIpc) is 1.75. The van der Waals surface area contributed by atoms with Crippen LogP contribution in [0.25, 0.3) is 0 Å². The zero-order valence-corrected chi connectivity index (χ0v) is 13.3. The quantitative estimate of drug-likeness (QED) is 0.595. The van der Waals surface area contributed by atoms with Crippen molar-refractivity contribution in [3.63, 3.8) is 0 Å². The fourth-order valence-electron chi connectivity index (χ4n) is 1.97. The van der Waals surface area contributed by atoms with Crippen LogP contribution in [0.15, 0.2) is 0 Å². The van der Waals surface area contributed by atoms with Gasteiger partial charge >= 0.3 is 7.82 Å². The molecule has 2 N–H and O–H groups in total. The molecule has 0 aromatic heterocycles. The standard InChI is InChI=1S/C8H23O4PSi2/c1-14(2,3)8(15(4,5)6)7-12-13(9,10)11/h8H,7H2,1-6H3,(H2,9,10,11). The van der Waals surface area contributed by atoms with Crippen molar-refractivity contribution < 1.29 is 18.9 Å². The van der Waals surface area contributed by atoms with E-state index in [1.807, 2.05) is 0 Å². The maximum absolute atomic E-state index is 10.7. The van der Waals surface area contributed by atoms with Gasteiger partial charge in [-0.15, -0.1) is 0 Å². The maximum atomic E-state index is 10.7. The lowest BCUT2D eigenvalue weighted by Crippen LogP contribution is -2.46. The lowest BCUT2D eigenvalue weighted by Gasteiger charge is -2.37. The van der Waals surface area contributed by atoms with Gasteiger partial charge in [0.05, 0.1) is 6.61 Å². The van der Waals surface area contributed by atoms with Crippen LogP contribution in [-0.2, 0) is 9.09 Å². The Bertz CT molecular complexity index is 236. The summed E-state index contributed by atoms with van der Waals surface area (Å²) < 4.78 is 15.4. The number of phosphoric acid groups is 1. The smallest absolute Gasteiger partial charge is 0.303 e. The first-order chi connectivity index (χ1) is 6.34. The molecule has 0 radical (unpaired) electrons. The van der Waals surface area contributed by atoms with E-state index in [1.54, 1.807) is 0 Å². The molecule has 15 heavy (non-hydrogen) atoms. The van der Waals surface area contributed by atoms with Crippen LogP contribution < -0.4 is 0 Å². The summed E-state index contributed by atoms with van der Waals surface area (Å²) in [5.74, 6) is 0. The largest absolute Gasteiger partial charge is 0.469 e. The fourth-order valence-corrected chi connectivity index (χ4v) is 14.2.